The van der Waals surface area contributed by atoms with Crippen molar-refractivity contribution >= 4 is 5.91 Å². The highest BCUT2D eigenvalue weighted by Gasteiger charge is 2.23. The third-order valence-corrected chi connectivity index (χ3v) is 4.54. The average Bonchev–Trinajstić information content (AvgIpc) is 2.88. The summed E-state index contributed by atoms with van der Waals surface area (Å²) >= 11 is 0. The summed E-state index contributed by atoms with van der Waals surface area (Å²) in [4.78, 5) is 14.6. The molecule has 0 bridgehead atoms. The van der Waals surface area contributed by atoms with Crippen LogP contribution in [0.3, 0.4) is 0 Å². The van der Waals surface area contributed by atoms with Crippen molar-refractivity contribution in [3.8, 4) is 11.5 Å². The van der Waals surface area contributed by atoms with Gasteiger partial charge in [0.15, 0.2) is 0 Å². The van der Waals surface area contributed by atoms with E-state index in [2.05, 4.69) is 0 Å². The second-order valence-electron chi connectivity index (χ2n) is 6.04. The summed E-state index contributed by atoms with van der Waals surface area (Å²) in [5.41, 5.74) is 6.92. The molecule has 0 saturated carbocycles. The van der Waals surface area contributed by atoms with Crippen molar-refractivity contribution in [2.75, 3.05) is 33.9 Å². The summed E-state index contributed by atoms with van der Waals surface area (Å²) in [7, 11) is 3.25. The van der Waals surface area contributed by atoms with E-state index in [1.807, 2.05) is 23.1 Å². The predicted octanol–water partition coefficient (Wildman–Crippen LogP) is 2.54. The summed E-state index contributed by atoms with van der Waals surface area (Å²) in [6.45, 7) is 2.16. The van der Waals surface area contributed by atoms with Gasteiger partial charge in [-0.25, -0.2) is 0 Å². The van der Waals surface area contributed by atoms with Crippen molar-refractivity contribution < 1.29 is 14.3 Å². The van der Waals surface area contributed by atoms with Crippen LogP contribution in [0.5, 0.6) is 11.5 Å². The third-order valence-electron chi connectivity index (χ3n) is 4.54. The molecular weight excluding hydrogens is 292 g/mol. The standard InChI is InChI=1S/C18H28N2O3/c1-22-15-7-8-16(17(12-15)23-2)14(13-19)11-18(21)20-9-5-3-4-6-10-20/h7-8,12,14H,3-6,9-11,13,19H2,1-2H3. The van der Waals surface area contributed by atoms with Crippen LogP contribution < -0.4 is 15.2 Å². The fraction of sp³-hybridized carbons (Fsp3) is 0.611. The van der Waals surface area contributed by atoms with Gasteiger partial charge in [0, 0.05) is 31.5 Å². The molecule has 1 aliphatic rings. The van der Waals surface area contributed by atoms with Crippen LogP contribution in [0.25, 0.3) is 0 Å². The highest BCUT2D eigenvalue weighted by molar-refractivity contribution is 5.77. The Kier molecular flexibility index (Phi) is 6.71. The van der Waals surface area contributed by atoms with E-state index in [0.29, 0.717) is 13.0 Å². The molecule has 1 unspecified atom stereocenters. The number of methoxy groups -OCH3 is 2. The molecule has 0 spiro atoms. The first kappa shape index (κ1) is 17.6. The minimum absolute atomic E-state index is 0.0355. The molecule has 0 aliphatic carbocycles. The Morgan fingerprint density at radius 1 is 1.17 bits per heavy atom. The van der Waals surface area contributed by atoms with Crippen molar-refractivity contribution in [3.63, 3.8) is 0 Å². The van der Waals surface area contributed by atoms with Crippen LogP contribution in [0, 0.1) is 0 Å². The molecule has 5 nitrogen and oxygen atoms in total. The van der Waals surface area contributed by atoms with E-state index in [1.165, 1.54) is 12.8 Å². The molecule has 0 radical (unpaired) electrons. The topological polar surface area (TPSA) is 64.8 Å². The normalized spacial score (nSPS) is 16.6. The first-order valence-corrected chi connectivity index (χ1v) is 8.39. The van der Waals surface area contributed by atoms with E-state index in [-0.39, 0.29) is 11.8 Å². The van der Waals surface area contributed by atoms with Crippen LogP contribution in [0.4, 0.5) is 0 Å². The second-order valence-corrected chi connectivity index (χ2v) is 6.04. The first-order chi connectivity index (χ1) is 11.2. The maximum absolute atomic E-state index is 12.6. The fourth-order valence-electron chi connectivity index (χ4n) is 3.14. The smallest absolute Gasteiger partial charge is 0.223 e. The quantitative estimate of drug-likeness (QED) is 0.875. The zero-order valence-corrected chi connectivity index (χ0v) is 14.2. The van der Waals surface area contributed by atoms with E-state index in [4.69, 9.17) is 15.2 Å². The van der Waals surface area contributed by atoms with Crippen molar-refractivity contribution in [3.05, 3.63) is 23.8 Å². The van der Waals surface area contributed by atoms with Crippen molar-refractivity contribution in [2.24, 2.45) is 5.73 Å². The van der Waals surface area contributed by atoms with Crippen LogP contribution in [0.1, 0.15) is 43.6 Å². The van der Waals surface area contributed by atoms with Gasteiger partial charge in [0.25, 0.3) is 0 Å². The number of likely N-dealkylation sites (tertiary alicyclic amines) is 1. The van der Waals surface area contributed by atoms with E-state index < -0.39 is 0 Å². The highest BCUT2D eigenvalue weighted by atomic mass is 16.5. The molecule has 1 heterocycles. The van der Waals surface area contributed by atoms with Crippen LogP contribution in [-0.2, 0) is 4.79 Å². The van der Waals surface area contributed by atoms with Gasteiger partial charge in [-0.1, -0.05) is 18.9 Å². The lowest BCUT2D eigenvalue weighted by Gasteiger charge is -2.24. The van der Waals surface area contributed by atoms with Crippen LogP contribution in [0.15, 0.2) is 18.2 Å². The molecule has 2 N–H and O–H groups in total. The zero-order chi connectivity index (χ0) is 16.7. The SMILES string of the molecule is COc1ccc(C(CN)CC(=O)N2CCCCCC2)c(OC)c1. The van der Waals surface area contributed by atoms with Crippen molar-refractivity contribution in [1.29, 1.82) is 0 Å². The summed E-state index contributed by atoms with van der Waals surface area (Å²) in [6.07, 6.45) is 5.07. The lowest BCUT2D eigenvalue weighted by atomic mass is 9.94. The number of nitrogens with two attached hydrogens (primary N) is 1. The molecule has 1 aliphatic heterocycles. The molecule has 1 fully saturated rings. The Labute approximate surface area is 138 Å². The minimum atomic E-state index is -0.0355. The molecule has 2 rings (SSSR count). The number of ether oxygens (including phenoxy) is 2. The Hall–Kier alpha value is -1.75. The van der Waals surface area contributed by atoms with Gasteiger partial charge in [-0.3, -0.25) is 4.79 Å². The Morgan fingerprint density at radius 3 is 2.43 bits per heavy atom. The largest absolute Gasteiger partial charge is 0.497 e. The van der Waals surface area contributed by atoms with Crippen molar-refractivity contribution in [1.82, 2.24) is 4.90 Å². The monoisotopic (exact) mass is 320 g/mol. The summed E-state index contributed by atoms with van der Waals surface area (Å²) in [6, 6.07) is 5.68. The molecule has 1 atom stereocenters. The van der Waals surface area contributed by atoms with Crippen LogP contribution in [0.2, 0.25) is 0 Å². The average molecular weight is 320 g/mol. The number of benzene rings is 1. The molecule has 1 aromatic rings. The Bertz CT molecular complexity index is 511. The number of hydrogen-bond acceptors (Lipinski definition) is 4. The summed E-state index contributed by atoms with van der Waals surface area (Å²) in [5.74, 6) is 1.62. The summed E-state index contributed by atoms with van der Waals surface area (Å²) < 4.78 is 10.7. The number of carbonyl (C=O) groups is 1. The molecule has 1 saturated heterocycles. The zero-order valence-electron chi connectivity index (χ0n) is 14.2. The maximum Gasteiger partial charge on any atom is 0.223 e. The van der Waals surface area contributed by atoms with Gasteiger partial charge < -0.3 is 20.1 Å². The lowest BCUT2D eigenvalue weighted by Crippen LogP contribution is -2.33. The first-order valence-electron chi connectivity index (χ1n) is 8.39. The van der Waals surface area contributed by atoms with Crippen LogP contribution in [-0.4, -0.2) is 44.7 Å². The van der Waals surface area contributed by atoms with Gasteiger partial charge in [-0.05, 0) is 31.0 Å². The number of rotatable bonds is 6. The van der Waals surface area contributed by atoms with E-state index in [9.17, 15) is 4.79 Å². The van der Waals surface area contributed by atoms with Gasteiger partial charge in [0.2, 0.25) is 5.91 Å². The fourth-order valence-corrected chi connectivity index (χ4v) is 3.14. The predicted molar refractivity (Wildman–Crippen MR) is 91.0 cm³/mol. The van der Waals surface area contributed by atoms with E-state index >= 15 is 0 Å². The molecule has 0 aromatic heterocycles. The van der Waals surface area contributed by atoms with Gasteiger partial charge in [-0.2, -0.15) is 0 Å². The van der Waals surface area contributed by atoms with Gasteiger partial charge in [-0.15, -0.1) is 0 Å². The Morgan fingerprint density at radius 2 is 1.87 bits per heavy atom. The maximum atomic E-state index is 12.6. The molecular formula is C18H28N2O3. The van der Waals surface area contributed by atoms with Gasteiger partial charge >= 0.3 is 0 Å². The van der Waals surface area contributed by atoms with Gasteiger partial charge in [0.1, 0.15) is 11.5 Å². The third kappa shape index (κ3) is 4.61. The molecule has 1 amide bonds. The van der Waals surface area contributed by atoms with Gasteiger partial charge in [0.05, 0.1) is 14.2 Å². The number of hydrogen-bond donors (Lipinski definition) is 1. The molecule has 1 aromatic carbocycles. The van der Waals surface area contributed by atoms with Crippen molar-refractivity contribution in [2.45, 2.75) is 38.0 Å². The van der Waals surface area contributed by atoms with E-state index in [0.717, 1.165) is 43.0 Å². The molecule has 128 valence electrons. The Balaban J connectivity index is 2.11. The summed E-state index contributed by atoms with van der Waals surface area (Å²) in [5, 5.41) is 0. The number of amides is 1. The minimum Gasteiger partial charge on any atom is -0.497 e. The molecule has 23 heavy (non-hydrogen) atoms. The number of nitrogens with zero attached hydrogens (tertiary/aromatic N) is 1. The lowest BCUT2D eigenvalue weighted by molar-refractivity contribution is -0.131. The second kappa shape index (κ2) is 8.77. The number of carbonyl (C=O) groups excluding carboxylic acids is 1. The van der Waals surface area contributed by atoms with Crippen LogP contribution >= 0.6 is 0 Å². The highest BCUT2D eigenvalue weighted by Crippen LogP contribution is 2.32. The van der Waals surface area contributed by atoms with E-state index in [1.54, 1.807) is 14.2 Å². The molecule has 5 heteroatoms.